The number of amides is 1. The first-order valence-corrected chi connectivity index (χ1v) is 9.13. The highest BCUT2D eigenvalue weighted by molar-refractivity contribution is 6.07. The van der Waals surface area contributed by atoms with Crippen LogP contribution < -0.4 is 5.32 Å². The summed E-state index contributed by atoms with van der Waals surface area (Å²) in [5, 5.41) is 11.9. The molecule has 1 fully saturated rings. The molecule has 2 heterocycles. The molecule has 28 heavy (non-hydrogen) atoms. The number of nitrogens with one attached hydrogen (secondary N) is 2. The summed E-state index contributed by atoms with van der Waals surface area (Å²) in [6.45, 7) is 6.36. The maximum atomic E-state index is 12.2. The second-order valence-corrected chi connectivity index (χ2v) is 7.71. The Labute approximate surface area is 165 Å². The molecule has 6 heteroatoms. The van der Waals surface area contributed by atoms with Crippen molar-refractivity contribution in [1.29, 1.82) is 5.41 Å². The van der Waals surface area contributed by atoms with E-state index in [0.29, 0.717) is 35.7 Å². The number of carbonyl (C=O) groups is 1. The van der Waals surface area contributed by atoms with E-state index < -0.39 is 5.60 Å². The molecule has 0 atom stereocenters. The Hall–Kier alpha value is -3.33. The van der Waals surface area contributed by atoms with Gasteiger partial charge in [-0.25, -0.2) is 9.78 Å². The van der Waals surface area contributed by atoms with Crippen molar-refractivity contribution in [2.24, 2.45) is 5.92 Å². The third-order valence-electron chi connectivity index (χ3n) is 4.35. The number of carbonyl (C=O) groups excluding carboxylic acids is 1. The van der Waals surface area contributed by atoms with Crippen LogP contribution in [-0.2, 0) is 4.74 Å². The predicted octanol–water partition coefficient (Wildman–Crippen LogP) is 4.04. The fourth-order valence-electron chi connectivity index (χ4n) is 2.95. The summed E-state index contributed by atoms with van der Waals surface area (Å²) in [4.78, 5) is 18.1. The van der Waals surface area contributed by atoms with Crippen molar-refractivity contribution in [3.05, 3.63) is 53.7 Å². The van der Waals surface area contributed by atoms with Gasteiger partial charge in [0.15, 0.2) is 0 Å². The van der Waals surface area contributed by atoms with E-state index in [-0.39, 0.29) is 12.0 Å². The summed E-state index contributed by atoms with van der Waals surface area (Å²) in [5.41, 5.74) is 1.90. The molecular weight excluding hydrogens is 352 g/mol. The van der Waals surface area contributed by atoms with E-state index in [0.717, 1.165) is 5.69 Å². The van der Waals surface area contributed by atoms with Crippen LogP contribution in [0.1, 0.15) is 31.9 Å². The second-order valence-electron chi connectivity index (χ2n) is 7.71. The molecule has 1 aromatic carbocycles. The van der Waals surface area contributed by atoms with Gasteiger partial charge in [0.05, 0.1) is 11.3 Å². The Balaban J connectivity index is 1.77. The van der Waals surface area contributed by atoms with E-state index in [2.05, 4.69) is 16.2 Å². The summed E-state index contributed by atoms with van der Waals surface area (Å²) in [6.07, 6.45) is 6.94. The van der Waals surface area contributed by atoms with E-state index in [4.69, 9.17) is 16.6 Å². The maximum absolute atomic E-state index is 12.2. The molecule has 0 saturated carbocycles. The molecule has 0 radical (unpaired) electrons. The quantitative estimate of drug-likeness (QED) is 0.623. The first-order chi connectivity index (χ1) is 13.3. The highest BCUT2D eigenvalue weighted by atomic mass is 16.6. The number of aromatic nitrogens is 1. The minimum atomic E-state index is -0.539. The van der Waals surface area contributed by atoms with E-state index in [1.54, 1.807) is 17.2 Å². The molecule has 0 unspecified atom stereocenters. The molecule has 1 aliphatic heterocycles. The maximum Gasteiger partial charge on any atom is 0.410 e. The van der Waals surface area contributed by atoms with Crippen LogP contribution in [0.2, 0.25) is 0 Å². The van der Waals surface area contributed by atoms with E-state index in [1.807, 2.05) is 51.1 Å². The minimum absolute atomic E-state index is 0.111. The largest absolute Gasteiger partial charge is 0.444 e. The third-order valence-corrected chi connectivity index (χ3v) is 4.35. The fraction of sp³-hybridized carbons (Fsp3) is 0.318. The van der Waals surface area contributed by atoms with Gasteiger partial charge in [-0.2, -0.15) is 0 Å². The monoisotopic (exact) mass is 376 g/mol. The molecule has 1 amide bonds. The predicted molar refractivity (Wildman–Crippen MR) is 110 cm³/mol. The molecule has 0 aliphatic carbocycles. The first kappa shape index (κ1) is 19.4. The lowest BCUT2D eigenvalue weighted by molar-refractivity contribution is 0.00694. The smallest absolute Gasteiger partial charge is 0.410 e. The summed E-state index contributed by atoms with van der Waals surface area (Å²) in [6, 6.07) is 11.3. The number of rotatable bonds is 4. The number of nitrogens with zero attached hydrogens (tertiary/aromatic N) is 2. The number of pyridine rings is 1. The molecule has 144 valence electrons. The Morgan fingerprint density at radius 3 is 2.57 bits per heavy atom. The van der Waals surface area contributed by atoms with Crippen molar-refractivity contribution in [1.82, 2.24) is 9.88 Å². The van der Waals surface area contributed by atoms with Crippen molar-refractivity contribution < 1.29 is 9.53 Å². The van der Waals surface area contributed by atoms with E-state index >= 15 is 0 Å². The summed E-state index contributed by atoms with van der Waals surface area (Å²) < 4.78 is 5.38. The van der Waals surface area contributed by atoms with E-state index in [9.17, 15) is 4.79 Å². The van der Waals surface area contributed by atoms with Gasteiger partial charge in [0, 0.05) is 36.5 Å². The van der Waals surface area contributed by atoms with Gasteiger partial charge in [0.1, 0.15) is 11.4 Å². The van der Waals surface area contributed by atoms with Gasteiger partial charge in [-0.3, -0.25) is 0 Å². The molecule has 0 spiro atoms. The zero-order valence-corrected chi connectivity index (χ0v) is 16.3. The Bertz CT molecular complexity index is 920. The number of hydrogen-bond acceptors (Lipinski definition) is 5. The topological polar surface area (TPSA) is 78.3 Å². The van der Waals surface area contributed by atoms with Crippen LogP contribution in [0, 0.1) is 23.7 Å². The van der Waals surface area contributed by atoms with Gasteiger partial charge in [-0.1, -0.05) is 24.1 Å². The van der Waals surface area contributed by atoms with Crippen LogP contribution in [0.15, 0.2) is 42.6 Å². The zero-order valence-electron chi connectivity index (χ0n) is 16.3. The molecule has 1 aliphatic rings. The highest BCUT2D eigenvalue weighted by Crippen LogP contribution is 2.28. The number of ether oxygens (including phenoxy) is 1. The van der Waals surface area contributed by atoms with Gasteiger partial charge >= 0.3 is 6.09 Å². The molecule has 0 bridgehead atoms. The number of terminal acetylenes is 1. The van der Waals surface area contributed by atoms with E-state index in [1.165, 1.54) is 0 Å². The molecule has 3 rings (SSSR count). The van der Waals surface area contributed by atoms with Gasteiger partial charge in [-0.15, -0.1) is 6.42 Å². The van der Waals surface area contributed by atoms with Crippen molar-refractivity contribution in [3.8, 4) is 12.3 Å². The standard InChI is InChI=1S/C22H24N4O2/c1-5-15-11-12-24-20(25-17-9-7-6-8-10-17)18(15)19(23)16-13-26(14-16)21(27)28-22(2,3)4/h1,6-12,16,23H,13-14H2,2-4H3,(H,24,25). The average molecular weight is 376 g/mol. The fourth-order valence-corrected chi connectivity index (χ4v) is 2.95. The number of para-hydroxylation sites is 1. The second kappa shape index (κ2) is 7.73. The molecule has 6 nitrogen and oxygen atoms in total. The Morgan fingerprint density at radius 2 is 1.96 bits per heavy atom. The lowest BCUT2D eigenvalue weighted by Crippen LogP contribution is -2.54. The molecular formula is C22H24N4O2. The lowest BCUT2D eigenvalue weighted by Gasteiger charge is -2.40. The SMILES string of the molecule is C#Cc1ccnc(Nc2ccccc2)c1C(=N)C1CN(C(=O)OC(C)(C)C)C1. The van der Waals surface area contributed by atoms with Crippen LogP contribution in [-0.4, -0.2) is 40.4 Å². The first-order valence-electron chi connectivity index (χ1n) is 9.13. The number of hydrogen-bond donors (Lipinski definition) is 2. The number of likely N-dealkylation sites (tertiary alicyclic amines) is 1. The zero-order chi connectivity index (χ0) is 20.3. The van der Waals surface area contributed by atoms with Gasteiger partial charge in [0.25, 0.3) is 0 Å². The van der Waals surface area contributed by atoms with Gasteiger partial charge in [0.2, 0.25) is 0 Å². The summed E-state index contributed by atoms with van der Waals surface area (Å²) >= 11 is 0. The van der Waals surface area contributed by atoms with Crippen molar-refractivity contribution in [3.63, 3.8) is 0 Å². The summed E-state index contributed by atoms with van der Waals surface area (Å²) in [5.74, 6) is 3.08. The molecule has 2 N–H and O–H groups in total. The number of anilines is 2. The summed E-state index contributed by atoms with van der Waals surface area (Å²) in [7, 11) is 0. The lowest BCUT2D eigenvalue weighted by atomic mass is 9.88. The Morgan fingerprint density at radius 1 is 1.29 bits per heavy atom. The Kier molecular flexibility index (Phi) is 5.36. The van der Waals surface area contributed by atoms with Crippen LogP contribution in [0.25, 0.3) is 0 Å². The van der Waals surface area contributed by atoms with Crippen LogP contribution >= 0.6 is 0 Å². The third kappa shape index (κ3) is 4.32. The highest BCUT2D eigenvalue weighted by Gasteiger charge is 2.37. The molecule has 2 aromatic rings. The minimum Gasteiger partial charge on any atom is -0.444 e. The van der Waals surface area contributed by atoms with Crippen molar-refractivity contribution in [2.75, 3.05) is 18.4 Å². The average Bonchev–Trinajstić information content (AvgIpc) is 2.59. The van der Waals surface area contributed by atoms with Gasteiger partial charge in [-0.05, 0) is 39.0 Å². The number of benzene rings is 1. The van der Waals surface area contributed by atoms with Crippen molar-refractivity contribution >= 4 is 23.3 Å². The molecule has 1 saturated heterocycles. The van der Waals surface area contributed by atoms with Gasteiger partial charge < -0.3 is 20.4 Å². The normalized spacial score (nSPS) is 14.0. The van der Waals surface area contributed by atoms with Crippen LogP contribution in [0.5, 0.6) is 0 Å². The van der Waals surface area contributed by atoms with Crippen LogP contribution in [0.3, 0.4) is 0 Å². The van der Waals surface area contributed by atoms with Crippen LogP contribution in [0.4, 0.5) is 16.3 Å². The molecule has 1 aromatic heterocycles. The van der Waals surface area contributed by atoms with Crippen molar-refractivity contribution in [2.45, 2.75) is 26.4 Å².